The summed E-state index contributed by atoms with van der Waals surface area (Å²) in [5, 5.41) is 9.11. The van der Waals surface area contributed by atoms with Crippen LogP contribution >= 0.6 is 0 Å². The number of halogens is 4. The van der Waals surface area contributed by atoms with E-state index >= 15 is 0 Å². The van der Waals surface area contributed by atoms with E-state index < -0.39 is 12.9 Å². The van der Waals surface area contributed by atoms with Crippen LogP contribution in [0.3, 0.4) is 0 Å². The van der Waals surface area contributed by atoms with E-state index in [1.807, 2.05) is 0 Å². The first-order chi connectivity index (χ1) is 12.9. The van der Waals surface area contributed by atoms with Gasteiger partial charge in [0.2, 0.25) is 0 Å². The molecule has 0 aromatic heterocycles. The lowest BCUT2D eigenvalue weighted by molar-refractivity contribution is 0.0434. The van der Waals surface area contributed by atoms with Crippen molar-refractivity contribution in [1.29, 1.82) is 0 Å². The van der Waals surface area contributed by atoms with E-state index in [0.29, 0.717) is 11.3 Å². The Morgan fingerprint density at radius 2 is 1.63 bits per heavy atom. The molecule has 3 aliphatic rings. The number of aliphatic hydroxyl groups excluding tert-OH is 1. The highest BCUT2D eigenvalue weighted by Gasteiger charge is 2.38. The minimum atomic E-state index is -2.75. The summed E-state index contributed by atoms with van der Waals surface area (Å²) in [7, 11) is 0. The molecule has 0 aromatic rings. The summed E-state index contributed by atoms with van der Waals surface area (Å²) >= 11 is 0. The van der Waals surface area contributed by atoms with Crippen LogP contribution in [-0.2, 0) is 0 Å². The van der Waals surface area contributed by atoms with Gasteiger partial charge in [-0.1, -0.05) is 18.2 Å². The molecular formula is C21H29F4NO. The average molecular weight is 387 g/mol. The van der Waals surface area contributed by atoms with Crippen molar-refractivity contribution in [3.8, 4) is 0 Å². The van der Waals surface area contributed by atoms with E-state index in [1.54, 1.807) is 6.08 Å². The molecule has 0 amide bonds. The molecule has 0 radical (unpaired) electrons. The van der Waals surface area contributed by atoms with Crippen LogP contribution in [0, 0.1) is 11.3 Å². The summed E-state index contributed by atoms with van der Waals surface area (Å²) in [6.07, 6.45) is 7.37. The van der Waals surface area contributed by atoms with Crippen LogP contribution in [0.5, 0.6) is 0 Å². The van der Waals surface area contributed by atoms with Crippen LogP contribution in [-0.4, -0.2) is 48.6 Å². The second kappa shape index (κ2) is 8.91. The van der Waals surface area contributed by atoms with Gasteiger partial charge in [0.05, 0.1) is 0 Å². The van der Waals surface area contributed by atoms with Crippen LogP contribution < -0.4 is 0 Å². The zero-order chi connectivity index (χ0) is 19.4. The molecule has 1 saturated heterocycles. The molecule has 1 aliphatic heterocycles. The quantitative estimate of drug-likeness (QED) is 0.674. The molecule has 1 heterocycles. The maximum atomic E-state index is 13.2. The average Bonchev–Trinajstić information content (AvgIpc) is 2.88. The molecule has 27 heavy (non-hydrogen) atoms. The van der Waals surface area contributed by atoms with Gasteiger partial charge in [0.25, 0.3) is 12.9 Å². The zero-order valence-corrected chi connectivity index (χ0v) is 15.6. The minimum Gasteiger partial charge on any atom is -0.396 e. The Labute approximate surface area is 158 Å². The SMILES string of the molecule is OCCC1CCC2(CC1)CCN(C1C=CC(C(F)F)=CC(C(F)F)=C1)CC2. The summed E-state index contributed by atoms with van der Waals surface area (Å²) < 4.78 is 52.5. The van der Waals surface area contributed by atoms with Gasteiger partial charge in [-0.2, -0.15) is 0 Å². The van der Waals surface area contributed by atoms with E-state index in [4.69, 9.17) is 5.11 Å². The van der Waals surface area contributed by atoms with Crippen molar-refractivity contribution < 1.29 is 22.7 Å². The van der Waals surface area contributed by atoms with Crippen LogP contribution in [0.4, 0.5) is 17.6 Å². The van der Waals surface area contributed by atoms with Crippen molar-refractivity contribution in [2.45, 2.75) is 63.8 Å². The standard InChI is InChI=1S/C21H29F4NO/c22-19(23)16-1-2-18(14-17(13-16)20(24)25)26-10-8-21(9-11-26)6-3-15(4-7-21)5-12-27/h1-2,13-15,18-20,27H,3-12H2. The van der Waals surface area contributed by atoms with Crippen LogP contribution in [0.25, 0.3) is 0 Å². The maximum absolute atomic E-state index is 13.2. The molecule has 2 aliphatic carbocycles. The molecule has 1 saturated carbocycles. The molecular weight excluding hydrogens is 358 g/mol. The molecule has 1 spiro atoms. The summed E-state index contributed by atoms with van der Waals surface area (Å²) in [5.41, 5.74) is -0.330. The van der Waals surface area contributed by atoms with Crippen molar-refractivity contribution in [2.75, 3.05) is 19.7 Å². The third-order valence-corrected chi connectivity index (χ3v) is 6.67. The predicted molar refractivity (Wildman–Crippen MR) is 98.0 cm³/mol. The number of allylic oxidation sites excluding steroid dienone is 4. The predicted octanol–water partition coefficient (Wildman–Crippen LogP) is 4.96. The summed E-state index contributed by atoms with van der Waals surface area (Å²) in [5.74, 6) is 0.624. The van der Waals surface area contributed by atoms with Crippen molar-refractivity contribution in [1.82, 2.24) is 4.90 Å². The molecule has 6 heteroatoms. The fraction of sp³-hybridized carbons (Fsp3) is 0.714. The highest BCUT2D eigenvalue weighted by atomic mass is 19.3. The molecule has 1 unspecified atom stereocenters. The topological polar surface area (TPSA) is 23.5 Å². The van der Waals surface area contributed by atoms with Crippen LogP contribution in [0.15, 0.2) is 35.5 Å². The molecule has 152 valence electrons. The Morgan fingerprint density at radius 3 is 2.19 bits per heavy atom. The Kier molecular flexibility index (Phi) is 6.79. The third kappa shape index (κ3) is 5.02. The van der Waals surface area contributed by atoms with Gasteiger partial charge in [-0.15, -0.1) is 0 Å². The summed E-state index contributed by atoms with van der Waals surface area (Å²) in [4.78, 5) is 2.13. The lowest BCUT2D eigenvalue weighted by Gasteiger charge is -2.47. The highest BCUT2D eigenvalue weighted by Crippen LogP contribution is 2.47. The first-order valence-corrected chi connectivity index (χ1v) is 9.95. The fourth-order valence-electron chi connectivity index (χ4n) is 4.81. The zero-order valence-electron chi connectivity index (χ0n) is 15.6. The second-order valence-electron chi connectivity index (χ2n) is 8.25. The van der Waals surface area contributed by atoms with Crippen LogP contribution in [0.1, 0.15) is 44.9 Å². The van der Waals surface area contributed by atoms with Gasteiger partial charge >= 0.3 is 0 Å². The first-order valence-electron chi connectivity index (χ1n) is 9.95. The smallest absolute Gasteiger partial charge is 0.263 e. The highest BCUT2D eigenvalue weighted by molar-refractivity contribution is 5.38. The third-order valence-electron chi connectivity index (χ3n) is 6.67. The van der Waals surface area contributed by atoms with Gasteiger partial charge in [-0.25, -0.2) is 17.6 Å². The Bertz CT molecular complexity index is 581. The van der Waals surface area contributed by atoms with E-state index in [1.165, 1.54) is 25.0 Å². The number of rotatable bonds is 5. The van der Waals surface area contributed by atoms with Gasteiger partial charge < -0.3 is 5.11 Å². The molecule has 3 rings (SSSR count). The van der Waals surface area contributed by atoms with Crippen molar-refractivity contribution >= 4 is 0 Å². The van der Waals surface area contributed by atoms with E-state index in [-0.39, 0.29) is 23.8 Å². The minimum absolute atomic E-state index is 0.257. The van der Waals surface area contributed by atoms with E-state index in [2.05, 4.69) is 4.90 Å². The van der Waals surface area contributed by atoms with Gasteiger partial charge in [0.1, 0.15) is 0 Å². The number of hydrogen-bond donors (Lipinski definition) is 1. The Morgan fingerprint density at radius 1 is 1.00 bits per heavy atom. The molecule has 0 aromatic carbocycles. The first kappa shape index (κ1) is 20.6. The van der Waals surface area contributed by atoms with Crippen molar-refractivity contribution in [2.24, 2.45) is 11.3 Å². The number of alkyl halides is 4. The molecule has 1 atom stereocenters. The van der Waals surface area contributed by atoms with Crippen LogP contribution in [0.2, 0.25) is 0 Å². The van der Waals surface area contributed by atoms with Crippen molar-refractivity contribution in [3.05, 3.63) is 35.5 Å². The van der Waals surface area contributed by atoms with Gasteiger partial charge in [-0.05, 0) is 75.4 Å². The monoisotopic (exact) mass is 387 g/mol. The van der Waals surface area contributed by atoms with Gasteiger partial charge in [-0.3, -0.25) is 4.90 Å². The number of piperidine rings is 1. The van der Waals surface area contributed by atoms with Crippen molar-refractivity contribution in [3.63, 3.8) is 0 Å². The lowest BCUT2D eigenvalue weighted by atomic mass is 9.65. The van der Waals surface area contributed by atoms with Gasteiger partial charge in [0.15, 0.2) is 0 Å². The molecule has 2 fully saturated rings. The number of likely N-dealkylation sites (tertiary alicyclic amines) is 1. The van der Waals surface area contributed by atoms with E-state index in [9.17, 15) is 17.6 Å². The number of aliphatic hydroxyl groups is 1. The number of nitrogens with zero attached hydrogens (tertiary/aromatic N) is 1. The molecule has 2 nitrogen and oxygen atoms in total. The largest absolute Gasteiger partial charge is 0.396 e. The fourth-order valence-corrected chi connectivity index (χ4v) is 4.81. The second-order valence-corrected chi connectivity index (χ2v) is 8.25. The molecule has 1 N–H and O–H groups in total. The summed E-state index contributed by atoms with van der Waals surface area (Å²) in [6, 6.07) is -0.357. The Hall–Kier alpha value is -1.14. The summed E-state index contributed by atoms with van der Waals surface area (Å²) in [6.45, 7) is 1.86. The van der Waals surface area contributed by atoms with E-state index in [0.717, 1.165) is 51.3 Å². The number of hydrogen-bond acceptors (Lipinski definition) is 2. The maximum Gasteiger partial charge on any atom is 0.263 e. The normalized spacial score (nSPS) is 27.1. The molecule has 0 bridgehead atoms. The Balaban J connectivity index is 1.62. The van der Waals surface area contributed by atoms with Gasteiger partial charge in [0, 0.05) is 23.8 Å². The lowest BCUT2D eigenvalue weighted by Crippen LogP contribution is -2.45.